The van der Waals surface area contributed by atoms with Crippen molar-refractivity contribution in [3.8, 4) is 0 Å². The number of fused-ring (bicyclic) bond motifs is 1. The van der Waals surface area contributed by atoms with Crippen LogP contribution >= 0.6 is 0 Å². The minimum Gasteiger partial charge on any atom is -0.365 e. The molecule has 0 unspecified atom stereocenters. The Bertz CT molecular complexity index is 777. The van der Waals surface area contributed by atoms with Gasteiger partial charge in [-0.3, -0.25) is 9.59 Å². The second-order valence-corrected chi connectivity index (χ2v) is 9.74. The van der Waals surface area contributed by atoms with Crippen LogP contribution in [0.1, 0.15) is 53.9 Å². The smallest absolute Gasteiger partial charge is 0.235 e. The molecule has 4 nitrogen and oxygen atoms in total. The molecule has 2 aliphatic carbocycles. The summed E-state index contributed by atoms with van der Waals surface area (Å²) in [5.41, 5.74) is 1.49. The molecule has 4 rings (SSSR count). The second-order valence-electron chi connectivity index (χ2n) is 9.74. The molecular formula is C24H33NO3. The van der Waals surface area contributed by atoms with E-state index in [9.17, 15) is 9.59 Å². The Morgan fingerprint density at radius 2 is 2.00 bits per heavy atom. The van der Waals surface area contributed by atoms with Crippen LogP contribution in [0.25, 0.3) is 0 Å². The zero-order valence-electron chi connectivity index (χ0n) is 17.7. The predicted molar refractivity (Wildman–Crippen MR) is 110 cm³/mol. The van der Waals surface area contributed by atoms with Crippen molar-refractivity contribution in [2.24, 2.45) is 29.1 Å². The quantitative estimate of drug-likeness (QED) is 0.446. The Labute approximate surface area is 168 Å². The molecule has 2 saturated heterocycles. The number of ketones is 1. The fourth-order valence-corrected chi connectivity index (χ4v) is 5.78. The van der Waals surface area contributed by atoms with Gasteiger partial charge in [0.05, 0.1) is 6.10 Å². The molecule has 1 amide bonds. The molecule has 0 saturated carbocycles. The van der Waals surface area contributed by atoms with Crippen molar-refractivity contribution in [1.29, 1.82) is 0 Å². The van der Waals surface area contributed by atoms with Crippen LogP contribution in [-0.2, 0) is 14.3 Å². The Hall–Kier alpha value is -1.68. The minimum absolute atomic E-state index is 0.0183. The maximum Gasteiger partial charge on any atom is 0.235 e. The first-order valence-electron chi connectivity index (χ1n) is 10.8. The van der Waals surface area contributed by atoms with Crippen molar-refractivity contribution in [1.82, 2.24) is 5.32 Å². The van der Waals surface area contributed by atoms with E-state index in [1.165, 1.54) is 11.1 Å². The van der Waals surface area contributed by atoms with Gasteiger partial charge in [-0.05, 0) is 57.1 Å². The van der Waals surface area contributed by atoms with Gasteiger partial charge in [0.2, 0.25) is 5.91 Å². The number of hydrogen-bond donors (Lipinski definition) is 1. The molecule has 0 aromatic heterocycles. The van der Waals surface area contributed by atoms with Gasteiger partial charge in [0.1, 0.15) is 11.5 Å². The fraction of sp³-hybridized carbons (Fsp3) is 0.667. The second kappa shape index (κ2) is 6.98. The molecule has 7 atom stereocenters. The standard InChI is InChI=1S/C24H33NO3/c1-13(2)10-18-22-16(5)15(4)12-17-11-14(3)6-7-19-20(28-19)8-9-21(26)24(17,22)23(27)25-18/h8-9,11-13,16-20,22H,6-7,10H2,1-5H3,(H,25,27)/b9-8+,14-11+/t16-,17+,18+,19-,20-,22-,24-/m0/s1. The molecule has 0 radical (unpaired) electrons. The van der Waals surface area contributed by atoms with E-state index in [1.807, 2.05) is 6.08 Å². The molecule has 2 fully saturated rings. The molecule has 152 valence electrons. The third-order valence-electron chi connectivity index (χ3n) is 7.36. The predicted octanol–water partition coefficient (Wildman–Crippen LogP) is 3.98. The highest BCUT2D eigenvalue weighted by molar-refractivity contribution is 6.13. The summed E-state index contributed by atoms with van der Waals surface area (Å²) < 4.78 is 5.69. The summed E-state index contributed by atoms with van der Waals surface area (Å²) in [6, 6.07) is 0.0368. The lowest BCUT2D eigenvalue weighted by molar-refractivity contribution is -0.142. The number of carbonyl (C=O) groups is 2. The van der Waals surface area contributed by atoms with Crippen molar-refractivity contribution in [3.63, 3.8) is 0 Å². The van der Waals surface area contributed by atoms with Crippen LogP contribution in [0.3, 0.4) is 0 Å². The van der Waals surface area contributed by atoms with Crippen LogP contribution < -0.4 is 5.32 Å². The van der Waals surface area contributed by atoms with E-state index in [-0.39, 0.29) is 47.7 Å². The molecular weight excluding hydrogens is 350 g/mol. The average Bonchev–Trinajstić information content (AvgIpc) is 3.30. The van der Waals surface area contributed by atoms with E-state index < -0.39 is 5.41 Å². The van der Waals surface area contributed by atoms with Crippen LogP contribution in [-0.4, -0.2) is 29.9 Å². The SMILES string of the molecule is CC1=C[C@H]2/C=C(\C)CC[C@@H]3O[C@H]3/C=C/C(=O)[C@@]23C(=O)N[C@H](CC(C)C)[C@@H]3[C@H]1C. The molecule has 1 spiro atoms. The lowest BCUT2D eigenvalue weighted by Gasteiger charge is -2.44. The van der Waals surface area contributed by atoms with Crippen molar-refractivity contribution < 1.29 is 14.3 Å². The zero-order chi connectivity index (χ0) is 20.2. The topological polar surface area (TPSA) is 58.7 Å². The van der Waals surface area contributed by atoms with Gasteiger partial charge in [-0.15, -0.1) is 0 Å². The lowest BCUT2D eigenvalue weighted by atomic mass is 9.55. The van der Waals surface area contributed by atoms with Gasteiger partial charge in [-0.1, -0.05) is 44.1 Å². The van der Waals surface area contributed by atoms with E-state index >= 15 is 0 Å². The van der Waals surface area contributed by atoms with E-state index in [1.54, 1.807) is 6.08 Å². The molecule has 0 aromatic carbocycles. The van der Waals surface area contributed by atoms with Gasteiger partial charge >= 0.3 is 0 Å². The number of amides is 1. The number of hydrogen-bond acceptors (Lipinski definition) is 3. The molecule has 4 aliphatic rings. The molecule has 2 heterocycles. The van der Waals surface area contributed by atoms with E-state index in [0.717, 1.165) is 19.3 Å². The van der Waals surface area contributed by atoms with Crippen molar-refractivity contribution >= 4 is 11.7 Å². The van der Waals surface area contributed by atoms with Gasteiger partial charge in [-0.2, -0.15) is 0 Å². The van der Waals surface area contributed by atoms with Crippen LogP contribution in [0.4, 0.5) is 0 Å². The Morgan fingerprint density at radius 3 is 2.71 bits per heavy atom. The minimum atomic E-state index is -1.04. The Morgan fingerprint density at radius 1 is 1.25 bits per heavy atom. The fourth-order valence-electron chi connectivity index (χ4n) is 5.78. The highest BCUT2D eigenvalue weighted by Crippen LogP contribution is 2.55. The van der Waals surface area contributed by atoms with Gasteiger partial charge in [0.25, 0.3) is 0 Å². The molecule has 4 heteroatoms. The van der Waals surface area contributed by atoms with Crippen molar-refractivity contribution in [2.45, 2.75) is 72.1 Å². The van der Waals surface area contributed by atoms with Crippen LogP contribution in [0.2, 0.25) is 0 Å². The number of carbonyl (C=O) groups excluding carboxylic acids is 2. The van der Waals surface area contributed by atoms with Crippen LogP contribution in [0.5, 0.6) is 0 Å². The molecule has 1 N–H and O–H groups in total. The monoisotopic (exact) mass is 383 g/mol. The summed E-state index contributed by atoms with van der Waals surface area (Å²) in [6.07, 6.45) is 11.0. The summed E-state index contributed by atoms with van der Waals surface area (Å²) in [7, 11) is 0. The van der Waals surface area contributed by atoms with E-state index in [4.69, 9.17) is 4.74 Å². The molecule has 2 aliphatic heterocycles. The first-order chi connectivity index (χ1) is 13.2. The molecule has 0 bridgehead atoms. The number of allylic oxidation sites excluding steroid dienone is 5. The van der Waals surface area contributed by atoms with Gasteiger partial charge in [-0.25, -0.2) is 0 Å². The highest BCUT2D eigenvalue weighted by Gasteiger charge is 2.64. The summed E-state index contributed by atoms with van der Waals surface area (Å²) in [4.78, 5) is 27.2. The summed E-state index contributed by atoms with van der Waals surface area (Å²) in [6.45, 7) is 10.8. The Kier molecular flexibility index (Phi) is 4.89. The van der Waals surface area contributed by atoms with Crippen LogP contribution in [0.15, 0.2) is 35.5 Å². The first-order valence-corrected chi connectivity index (χ1v) is 10.8. The van der Waals surface area contributed by atoms with Gasteiger partial charge in [0, 0.05) is 17.9 Å². The van der Waals surface area contributed by atoms with Crippen LogP contribution in [0, 0.1) is 29.1 Å². The summed E-state index contributed by atoms with van der Waals surface area (Å²) in [5, 5.41) is 3.25. The number of epoxide rings is 1. The normalized spacial score (nSPS) is 45.6. The van der Waals surface area contributed by atoms with E-state index in [2.05, 4.69) is 52.1 Å². The third-order valence-corrected chi connectivity index (χ3v) is 7.36. The number of nitrogens with one attached hydrogen (secondary N) is 1. The summed E-state index contributed by atoms with van der Waals surface area (Å²) in [5.74, 6) is 0.314. The third kappa shape index (κ3) is 3.01. The maximum absolute atomic E-state index is 13.7. The lowest BCUT2D eigenvalue weighted by Crippen LogP contribution is -2.51. The average molecular weight is 384 g/mol. The highest BCUT2D eigenvalue weighted by atomic mass is 16.6. The number of ether oxygens (including phenoxy) is 1. The zero-order valence-corrected chi connectivity index (χ0v) is 17.7. The van der Waals surface area contributed by atoms with Crippen molar-refractivity contribution in [2.75, 3.05) is 0 Å². The van der Waals surface area contributed by atoms with Gasteiger partial charge in [0.15, 0.2) is 5.78 Å². The van der Waals surface area contributed by atoms with Gasteiger partial charge < -0.3 is 10.1 Å². The van der Waals surface area contributed by atoms with E-state index in [0.29, 0.717) is 5.92 Å². The largest absolute Gasteiger partial charge is 0.365 e. The van der Waals surface area contributed by atoms with Crippen molar-refractivity contribution in [3.05, 3.63) is 35.5 Å². The Balaban J connectivity index is 1.87. The summed E-state index contributed by atoms with van der Waals surface area (Å²) >= 11 is 0. The molecule has 0 aromatic rings. The number of rotatable bonds is 2. The molecule has 28 heavy (non-hydrogen) atoms. The maximum atomic E-state index is 13.7. The first kappa shape index (κ1) is 19.6.